The summed E-state index contributed by atoms with van der Waals surface area (Å²) < 4.78 is 11.2. The molecule has 1 aromatic heterocycles. The third-order valence-electron chi connectivity index (χ3n) is 3.15. The van der Waals surface area contributed by atoms with Crippen molar-refractivity contribution in [1.29, 1.82) is 0 Å². The molecule has 0 aliphatic rings. The van der Waals surface area contributed by atoms with Crippen LogP contribution in [0, 0.1) is 0 Å². The summed E-state index contributed by atoms with van der Waals surface area (Å²) in [4.78, 5) is 4.68. The summed E-state index contributed by atoms with van der Waals surface area (Å²) in [6.45, 7) is 7.78. The Balaban J connectivity index is 2.14. The molecule has 1 N–H and O–H groups in total. The SMILES string of the molecule is CCCNCc1cc(OCCOCC)c2ccccc2n1. The number of fused-ring (bicyclic) bond motifs is 1. The van der Waals surface area contributed by atoms with Crippen molar-refractivity contribution in [1.82, 2.24) is 10.3 Å². The Kier molecular flexibility index (Phi) is 6.44. The minimum Gasteiger partial charge on any atom is -0.490 e. The maximum absolute atomic E-state index is 5.88. The zero-order valence-corrected chi connectivity index (χ0v) is 12.9. The van der Waals surface area contributed by atoms with Crippen LogP contribution in [0.2, 0.25) is 0 Å². The third-order valence-corrected chi connectivity index (χ3v) is 3.15. The molecule has 4 nitrogen and oxygen atoms in total. The maximum Gasteiger partial charge on any atom is 0.130 e. The Morgan fingerprint density at radius 2 is 2.00 bits per heavy atom. The van der Waals surface area contributed by atoms with Gasteiger partial charge in [-0.1, -0.05) is 19.1 Å². The minimum absolute atomic E-state index is 0.559. The summed E-state index contributed by atoms with van der Waals surface area (Å²) in [5.74, 6) is 0.883. The number of benzene rings is 1. The number of hydrogen-bond donors (Lipinski definition) is 1. The molecule has 114 valence electrons. The zero-order chi connectivity index (χ0) is 14.9. The van der Waals surface area contributed by atoms with Crippen molar-refractivity contribution < 1.29 is 9.47 Å². The topological polar surface area (TPSA) is 43.4 Å². The van der Waals surface area contributed by atoms with Gasteiger partial charge < -0.3 is 14.8 Å². The second kappa shape index (κ2) is 8.60. The first-order chi connectivity index (χ1) is 10.3. The van der Waals surface area contributed by atoms with Crippen molar-refractivity contribution >= 4 is 10.9 Å². The number of ether oxygens (including phenoxy) is 2. The summed E-state index contributed by atoms with van der Waals surface area (Å²) in [6.07, 6.45) is 1.12. The molecule has 1 heterocycles. The Morgan fingerprint density at radius 1 is 1.14 bits per heavy atom. The van der Waals surface area contributed by atoms with E-state index in [1.54, 1.807) is 0 Å². The highest BCUT2D eigenvalue weighted by Crippen LogP contribution is 2.25. The van der Waals surface area contributed by atoms with Gasteiger partial charge in [-0.25, -0.2) is 0 Å². The van der Waals surface area contributed by atoms with Crippen molar-refractivity contribution in [2.24, 2.45) is 0 Å². The van der Waals surface area contributed by atoms with E-state index in [9.17, 15) is 0 Å². The molecule has 0 aliphatic carbocycles. The van der Waals surface area contributed by atoms with Crippen LogP contribution >= 0.6 is 0 Å². The van der Waals surface area contributed by atoms with Gasteiger partial charge in [-0.2, -0.15) is 0 Å². The minimum atomic E-state index is 0.559. The number of pyridine rings is 1. The van der Waals surface area contributed by atoms with Crippen LogP contribution in [0.1, 0.15) is 26.0 Å². The number of para-hydroxylation sites is 1. The highest BCUT2D eigenvalue weighted by Gasteiger charge is 2.06. The second-order valence-electron chi connectivity index (χ2n) is 4.85. The number of rotatable bonds is 9. The van der Waals surface area contributed by atoms with Gasteiger partial charge in [0.2, 0.25) is 0 Å². The molecule has 21 heavy (non-hydrogen) atoms. The van der Waals surface area contributed by atoms with Crippen molar-refractivity contribution in [3.05, 3.63) is 36.0 Å². The smallest absolute Gasteiger partial charge is 0.130 e. The maximum atomic E-state index is 5.88. The van der Waals surface area contributed by atoms with Gasteiger partial charge in [-0.3, -0.25) is 4.98 Å². The number of aromatic nitrogens is 1. The largest absolute Gasteiger partial charge is 0.490 e. The molecular weight excluding hydrogens is 264 g/mol. The molecule has 0 fully saturated rings. The lowest BCUT2D eigenvalue weighted by molar-refractivity contribution is 0.110. The molecule has 0 aliphatic heterocycles. The van der Waals surface area contributed by atoms with Gasteiger partial charge in [-0.05, 0) is 32.0 Å². The molecule has 4 heteroatoms. The van der Waals surface area contributed by atoms with E-state index in [1.165, 1.54) is 0 Å². The molecule has 0 amide bonds. The van der Waals surface area contributed by atoms with Crippen molar-refractivity contribution in [3.8, 4) is 5.75 Å². The van der Waals surface area contributed by atoms with E-state index in [1.807, 2.05) is 37.3 Å². The average Bonchev–Trinajstić information content (AvgIpc) is 2.52. The van der Waals surface area contributed by atoms with E-state index in [-0.39, 0.29) is 0 Å². The molecule has 2 rings (SSSR count). The summed E-state index contributed by atoms with van der Waals surface area (Å²) in [6, 6.07) is 10.1. The Labute approximate surface area is 126 Å². The normalized spacial score (nSPS) is 11.0. The van der Waals surface area contributed by atoms with E-state index in [2.05, 4.69) is 17.2 Å². The van der Waals surface area contributed by atoms with Crippen LogP contribution in [0.3, 0.4) is 0 Å². The first kappa shape index (κ1) is 15.7. The molecule has 0 atom stereocenters. The van der Waals surface area contributed by atoms with E-state index in [4.69, 9.17) is 9.47 Å². The average molecular weight is 288 g/mol. The Bertz CT molecular complexity index is 557. The number of nitrogens with one attached hydrogen (secondary N) is 1. The third kappa shape index (κ3) is 4.69. The lowest BCUT2D eigenvalue weighted by Gasteiger charge is -2.12. The quantitative estimate of drug-likeness (QED) is 0.720. The highest BCUT2D eigenvalue weighted by atomic mass is 16.5. The van der Waals surface area contributed by atoms with E-state index >= 15 is 0 Å². The molecule has 1 aromatic carbocycles. The van der Waals surface area contributed by atoms with Gasteiger partial charge >= 0.3 is 0 Å². The van der Waals surface area contributed by atoms with E-state index < -0.39 is 0 Å². The fourth-order valence-electron chi connectivity index (χ4n) is 2.15. The fourth-order valence-corrected chi connectivity index (χ4v) is 2.15. The van der Waals surface area contributed by atoms with E-state index in [0.717, 1.165) is 41.9 Å². The van der Waals surface area contributed by atoms with Gasteiger partial charge in [-0.15, -0.1) is 0 Å². The summed E-state index contributed by atoms with van der Waals surface area (Å²) >= 11 is 0. The van der Waals surface area contributed by atoms with Crippen LogP contribution in [0.4, 0.5) is 0 Å². The lowest BCUT2D eigenvalue weighted by atomic mass is 10.2. The molecule has 0 saturated carbocycles. The predicted molar refractivity (Wildman–Crippen MR) is 85.7 cm³/mol. The number of hydrogen-bond acceptors (Lipinski definition) is 4. The molecule has 2 aromatic rings. The van der Waals surface area contributed by atoms with Crippen molar-refractivity contribution in [3.63, 3.8) is 0 Å². The standard InChI is InChI=1S/C17H24N2O2/c1-3-9-18-13-14-12-17(21-11-10-20-4-2)15-7-5-6-8-16(15)19-14/h5-8,12,18H,3-4,9-11,13H2,1-2H3. The first-order valence-corrected chi connectivity index (χ1v) is 7.65. The molecule has 0 spiro atoms. The summed E-state index contributed by atoms with van der Waals surface area (Å²) in [5.41, 5.74) is 1.98. The van der Waals surface area contributed by atoms with Crippen LogP contribution < -0.4 is 10.1 Å². The Morgan fingerprint density at radius 3 is 2.81 bits per heavy atom. The van der Waals surface area contributed by atoms with Crippen LogP contribution in [-0.2, 0) is 11.3 Å². The van der Waals surface area contributed by atoms with Crippen molar-refractivity contribution in [2.75, 3.05) is 26.4 Å². The van der Waals surface area contributed by atoms with Gasteiger partial charge in [0.25, 0.3) is 0 Å². The summed E-state index contributed by atoms with van der Waals surface area (Å²) in [5, 5.41) is 4.43. The summed E-state index contributed by atoms with van der Waals surface area (Å²) in [7, 11) is 0. The van der Waals surface area contributed by atoms with E-state index in [0.29, 0.717) is 19.8 Å². The molecular formula is C17H24N2O2. The van der Waals surface area contributed by atoms with Crippen LogP contribution in [0.15, 0.2) is 30.3 Å². The van der Waals surface area contributed by atoms with Crippen LogP contribution in [0.25, 0.3) is 10.9 Å². The lowest BCUT2D eigenvalue weighted by Crippen LogP contribution is -2.15. The predicted octanol–water partition coefficient (Wildman–Crippen LogP) is 3.15. The first-order valence-electron chi connectivity index (χ1n) is 7.65. The van der Waals surface area contributed by atoms with Crippen LogP contribution in [-0.4, -0.2) is 31.3 Å². The van der Waals surface area contributed by atoms with Gasteiger partial charge in [0.15, 0.2) is 0 Å². The van der Waals surface area contributed by atoms with Gasteiger partial charge in [0.1, 0.15) is 12.4 Å². The molecule has 0 bridgehead atoms. The zero-order valence-electron chi connectivity index (χ0n) is 12.9. The molecule has 0 unspecified atom stereocenters. The van der Waals surface area contributed by atoms with Crippen LogP contribution in [0.5, 0.6) is 5.75 Å². The second-order valence-corrected chi connectivity index (χ2v) is 4.85. The molecule has 0 saturated heterocycles. The fraction of sp³-hybridized carbons (Fsp3) is 0.471. The van der Waals surface area contributed by atoms with Gasteiger partial charge in [0.05, 0.1) is 17.8 Å². The van der Waals surface area contributed by atoms with Gasteiger partial charge in [0, 0.05) is 24.6 Å². The van der Waals surface area contributed by atoms with Crippen molar-refractivity contribution in [2.45, 2.75) is 26.8 Å². The Hall–Kier alpha value is -1.65. The number of nitrogens with zero attached hydrogens (tertiary/aromatic N) is 1. The highest BCUT2D eigenvalue weighted by molar-refractivity contribution is 5.85. The monoisotopic (exact) mass is 288 g/mol. The molecule has 0 radical (unpaired) electrons.